The molecule has 0 saturated carbocycles. The quantitative estimate of drug-likeness (QED) is 0.537. The molecule has 0 saturated heterocycles. The van der Waals surface area contributed by atoms with Gasteiger partial charge in [0.2, 0.25) is 0 Å². The minimum atomic E-state index is -0.273. The first-order chi connectivity index (χ1) is 6.33. The van der Waals surface area contributed by atoms with Gasteiger partial charge in [0.05, 0.1) is 5.69 Å². The lowest BCUT2D eigenvalue weighted by Crippen LogP contribution is -2.27. The van der Waals surface area contributed by atoms with Crippen LogP contribution in [0.25, 0.3) is 0 Å². The summed E-state index contributed by atoms with van der Waals surface area (Å²) in [6.45, 7) is 0.671. The van der Waals surface area contributed by atoms with Crippen LogP contribution in [0.5, 0.6) is 0 Å². The largest absolute Gasteiger partial charge is 0.302 e. The molecule has 0 unspecified atom stereocenters. The van der Waals surface area contributed by atoms with Crippen molar-refractivity contribution in [2.45, 2.75) is 6.42 Å². The molecule has 1 aliphatic heterocycles. The summed E-state index contributed by atoms with van der Waals surface area (Å²) in [4.78, 5) is 16.8. The van der Waals surface area contributed by atoms with Crippen LogP contribution in [0.1, 0.15) is 5.56 Å². The molecule has 0 atom stereocenters. The third-order valence-corrected chi connectivity index (χ3v) is 2.14. The van der Waals surface area contributed by atoms with Crippen molar-refractivity contribution in [1.29, 1.82) is 0 Å². The second kappa shape index (κ2) is 2.91. The molecular weight excluding hydrogens is 164 g/mol. The second-order valence-corrected chi connectivity index (χ2v) is 2.86. The van der Waals surface area contributed by atoms with E-state index in [2.05, 4.69) is 10.9 Å². The number of hydrogen-bond acceptors (Lipinski definition) is 2. The van der Waals surface area contributed by atoms with E-state index in [-0.39, 0.29) is 5.91 Å². The van der Waals surface area contributed by atoms with Crippen molar-refractivity contribution in [3.8, 4) is 12.3 Å². The number of hydrogen-bond donors (Lipinski definition) is 0. The zero-order valence-corrected chi connectivity index (χ0v) is 7.03. The molecule has 0 spiro atoms. The standard InChI is InChI=1S/C10H8N2O/c1-2-10(13)12-6-4-8-7-11-5-3-9(8)12/h1,3,5,7H,4,6H2. The zero-order valence-electron chi connectivity index (χ0n) is 7.03. The van der Waals surface area contributed by atoms with Gasteiger partial charge in [-0.25, -0.2) is 0 Å². The molecule has 2 heterocycles. The highest BCUT2D eigenvalue weighted by molar-refractivity contribution is 6.06. The van der Waals surface area contributed by atoms with Gasteiger partial charge in [0.1, 0.15) is 0 Å². The van der Waals surface area contributed by atoms with Gasteiger partial charge in [0.25, 0.3) is 0 Å². The van der Waals surface area contributed by atoms with E-state index >= 15 is 0 Å². The Balaban J connectivity index is 2.40. The molecule has 1 aliphatic rings. The van der Waals surface area contributed by atoms with Crippen molar-refractivity contribution in [3.63, 3.8) is 0 Å². The molecule has 64 valence electrons. The maximum absolute atomic E-state index is 11.2. The summed E-state index contributed by atoms with van der Waals surface area (Å²) in [6.07, 6.45) is 9.34. The first-order valence-electron chi connectivity index (χ1n) is 4.04. The normalized spacial score (nSPS) is 13.6. The summed E-state index contributed by atoms with van der Waals surface area (Å²) in [5.74, 6) is 1.84. The molecular formula is C10H8N2O. The van der Waals surface area contributed by atoms with Crippen LogP contribution in [0.3, 0.4) is 0 Å². The Kier molecular flexibility index (Phi) is 1.75. The molecule has 1 amide bonds. The summed E-state index contributed by atoms with van der Waals surface area (Å²) in [5, 5.41) is 0. The highest BCUT2D eigenvalue weighted by Crippen LogP contribution is 2.26. The summed E-state index contributed by atoms with van der Waals surface area (Å²) >= 11 is 0. The fraction of sp³-hybridized carbons (Fsp3) is 0.200. The smallest absolute Gasteiger partial charge is 0.301 e. The molecule has 0 fully saturated rings. The Labute approximate surface area is 76.4 Å². The summed E-state index contributed by atoms with van der Waals surface area (Å²) in [6, 6.07) is 1.82. The molecule has 13 heavy (non-hydrogen) atoms. The third-order valence-electron chi connectivity index (χ3n) is 2.14. The van der Waals surface area contributed by atoms with Crippen LogP contribution < -0.4 is 4.90 Å². The highest BCUT2D eigenvalue weighted by Gasteiger charge is 2.22. The van der Waals surface area contributed by atoms with Crippen molar-refractivity contribution >= 4 is 11.6 Å². The average Bonchev–Trinajstić information content (AvgIpc) is 2.60. The van der Waals surface area contributed by atoms with Crippen LogP contribution in [0.4, 0.5) is 5.69 Å². The van der Waals surface area contributed by atoms with Gasteiger partial charge >= 0.3 is 5.91 Å². The fourth-order valence-electron chi connectivity index (χ4n) is 1.52. The minimum absolute atomic E-state index is 0.273. The monoisotopic (exact) mass is 172 g/mol. The highest BCUT2D eigenvalue weighted by atomic mass is 16.2. The van der Waals surface area contributed by atoms with E-state index in [1.54, 1.807) is 17.3 Å². The van der Waals surface area contributed by atoms with Crippen LogP contribution >= 0.6 is 0 Å². The van der Waals surface area contributed by atoms with Crippen molar-refractivity contribution in [3.05, 3.63) is 24.0 Å². The lowest BCUT2D eigenvalue weighted by Gasteiger charge is -2.12. The zero-order chi connectivity index (χ0) is 9.26. The van der Waals surface area contributed by atoms with Gasteiger partial charge < -0.3 is 4.90 Å². The van der Waals surface area contributed by atoms with Gasteiger partial charge in [0.15, 0.2) is 0 Å². The van der Waals surface area contributed by atoms with Gasteiger partial charge in [-0.2, -0.15) is 0 Å². The van der Waals surface area contributed by atoms with E-state index < -0.39 is 0 Å². The number of aromatic nitrogens is 1. The topological polar surface area (TPSA) is 33.2 Å². The van der Waals surface area contributed by atoms with E-state index in [0.717, 1.165) is 17.7 Å². The second-order valence-electron chi connectivity index (χ2n) is 2.86. The maximum Gasteiger partial charge on any atom is 0.302 e. The minimum Gasteiger partial charge on any atom is -0.301 e. The first-order valence-corrected chi connectivity index (χ1v) is 4.04. The maximum atomic E-state index is 11.2. The molecule has 3 heteroatoms. The molecule has 0 aromatic carbocycles. The molecule has 0 radical (unpaired) electrons. The number of rotatable bonds is 0. The molecule has 2 rings (SSSR count). The number of anilines is 1. The van der Waals surface area contributed by atoms with Crippen molar-refractivity contribution < 1.29 is 4.79 Å². The van der Waals surface area contributed by atoms with E-state index in [0.29, 0.717) is 6.54 Å². The summed E-state index contributed by atoms with van der Waals surface area (Å²) in [7, 11) is 0. The Bertz CT molecular complexity index is 392. The first kappa shape index (κ1) is 7.81. The van der Waals surface area contributed by atoms with Crippen LogP contribution in [0, 0.1) is 12.3 Å². The van der Waals surface area contributed by atoms with Gasteiger partial charge in [-0.3, -0.25) is 9.78 Å². The van der Waals surface area contributed by atoms with Crippen LogP contribution in [0.15, 0.2) is 18.5 Å². The number of terminal acetylenes is 1. The van der Waals surface area contributed by atoms with Crippen LogP contribution in [0.2, 0.25) is 0 Å². The van der Waals surface area contributed by atoms with E-state index in [4.69, 9.17) is 6.42 Å². The molecule has 3 nitrogen and oxygen atoms in total. The predicted octanol–water partition coefficient (Wildman–Crippen LogP) is 0.604. The van der Waals surface area contributed by atoms with Crippen LogP contribution in [-0.4, -0.2) is 17.4 Å². The Hall–Kier alpha value is -1.82. The molecule has 0 N–H and O–H groups in total. The summed E-state index contributed by atoms with van der Waals surface area (Å²) in [5.41, 5.74) is 1.99. The number of nitrogens with zero attached hydrogens (tertiary/aromatic N) is 2. The number of amides is 1. The lowest BCUT2D eigenvalue weighted by molar-refractivity contribution is -0.113. The van der Waals surface area contributed by atoms with E-state index in [9.17, 15) is 4.79 Å². The molecule has 0 bridgehead atoms. The average molecular weight is 172 g/mol. The molecule has 1 aromatic heterocycles. The number of fused-ring (bicyclic) bond motifs is 1. The predicted molar refractivity (Wildman–Crippen MR) is 49.1 cm³/mol. The van der Waals surface area contributed by atoms with Gasteiger partial charge in [-0.05, 0) is 24.0 Å². The third kappa shape index (κ3) is 1.17. The van der Waals surface area contributed by atoms with Crippen molar-refractivity contribution in [2.75, 3.05) is 11.4 Å². The molecule has 1 aromatic rings. The number of carbonyl (C=O) groups excluding carboxylic acids is 1. The van der Waals surface area contributed by atoms with Crippen LogP contribution in [-0.2, 0) is 11.2 Å². The van der Waals surface area contributed by atoms with E-state index in [1.165, 1.54) is 0 Å². The van der Waals surface area contributed by atoms with Gasteiger partial charge in [-0.15, -0.1) is 6.42 Å². The Morgan fingerprint density at radius 2 is 2.54 bits per heavy atom. The number of carbonyl (C=O) groups is 1. The lowest BCUT2D eigenvalue weighted by atomic mass is 10.2. The van der Waals surface area contributed by atoms with Gasteiger partial charge in [-0.1, -0.05) is 0 Å². The van der Waals surface area contributed by atoms with E-state index in [1.807, 2.05) is 6.07 Å². The van der Waals surface area contributed by atoms with Crippen molar-refractivity contribution in [2.24, 2.45) is 0 Å². The number of pyridine rings is 1. The van der Waals surface area contributed by atoms with Crippen molar-refractivity contribution in [1.82, 2.24) is 4.98 Å². The fourth-order valence-corrected chi connectivity index (χ4v) is 1.52. The molecule has 0 aliphatic carbocycles. The Morgan fingerprint density at radius 1 is 1.69 bits per heavy atom. The van der Waals surface area contributed by atoms with Gasteiger partial charge in [0, 0.05) is 18.9 Å². The Morgan fingerprint density at radius 3 is 3.31 bits per heavy atom. The SMILES string of the molecule is C#CC(=O)N1CCc2cnccc21. The summed E-state index contributed by atoms with van der Waals surface area (Å²) < 4.78 is 0.